The molecule has 1 aliphatic heterocycles. The topological polar surface area (TPSA) is 0 Å². The van der Waals surface area contributed by atoms with Gasteiger partial charge < -0.3 is 0 Å². The molecule has 5 heteroatoms. The molecule has 1 heterocycles. The van der Waals surface area contributed by atoms with Crippen LogP contribution in [0.25, 0.3) is 0 Å². The van der Waals surface area contributed by atoms with Gasteiger partial charge in [-0.1, -0.05) is 64.6 Å². The molecular formula is C12H27PSSi3. The van der Waals surface area contributed by atoms with E-state index in [0.29, 0.717) is 3.73 Å². The van der Waals surface area contributed by atoms with Gasteiger partial charge in [0.15, 0.2) is 0 Å². The third-order valence-corrected chi connectivity index (χ3v) is 28.1. The fraction of sp³-hybridized carbons (Fsp3) is 0.833. The maximum atomic E-state index is 3.71. The molecular weight excluding hydrogens is 291 g/mol. The van der Waals surface area contributed by atoms with Gasteiger partial charge in [0.05, 0.1) is 16.1 Å². The molecule has 1 rings (SSSR count). The van der Waals surface area contributed by atoms with Gasteiger partial charge in [-0.3, -0.25) is 0 Å². The standard InChI is InChI=1S/C12H27PSSi3/c1-15(2,3)11-10-13-12(14-13,16(4,5)6)17(7,8)9/h1-9H3. The SMILES string of the molecule is C[Si](C)(C)C#CP1SC1([Si](C)(C)C)[Si](C)(C)C. The summed E-state index contributed by atoms with van der Waals surface area (Å²) in [6.45, 7) is 22.4. The smallest absolute Gasteiger partial charge is 0.127 e. The minimum Gasteiger partial charge on any atom is -0.127 e. The number of hydrogen-bond acceptors (Lipinski definition) is 1. The first-order valence-corrected chi connectivity index (χ1v) is 19.6. The molecule has 1 unspecified atom stereocenters. The van der Waals surface area contributed by atoms with E-state index in [4.69, 9.17) is 0 Å². The second-order valence-corrected chi connectivity index (χ2v) is 29.6. The zero-order valence-corrected chi connectivity index (χ0v) is 17.6. The highest BCUT2D eigenvalue weighted by molar-refractivity contribution is 8.77. The zero-order chi connectivity index (χ0) is 13.7. The molecule has 17 heavy (non-hydrogen) atoms. The first-order valence-electron chi connectivity index (χ1n) is 6.33. The van der Waals surface area contributed by atoms with Crippen LogP contribution in [0.3, 0.4) is 0 Å². The summed E-state index contributed by atoms with van der Waals surface area (Å²) in [5, 5.41) is 0. The molecule has 0 saturated carbocycles. The summed E-state index contributed by atoms with van der Waals surface area (Å²) in [6.07, 6.45) is 0. The van der Waals surface area contributed by atoms with Gasteiger partial charge in [0.25, 0.3) is 0 Å². The van der Waals surface area contributed by atoms with Crippen LogP contribution in [0.2, 0.25) is 58.9 Å². The van der Waals surface area contributed by atoms with Crippen molar-refractivity contribution < 1.29 is 0 Å². The van der Waals surface area contributed by atoms with Crippen LogP contribution in [-0.2, 0) is 0 Å². The first-order chi connectivity index (χ1) is 7.31. The Kier molecular flexibility index (Phi) is 4.27. The Hall–Kier alpha value is 0.991. The Morgan fingerprint density at radius 2 is 1.24 bits per heavy atom. The molecule has 0 aromatic heterocycles. The van der Waals surface area contributed by atoms with E-state index >= 15 is 0 Å². The average molecular weight is 319 g/mol. The lowest BCUT2D eigenvalue weighted by Gasteiger charge is -2.37. The Morgan fingerprint density at radius 3 is 1.47 bits per heavy atom. The highest BCUT2D eigenvalue weighted by Crippen LogP contribution is 2.89. The summed E-state index contributed by atoms with van der Waals surface area (Å²) >= 11 is 2.28. The molecule has 0 radical (unpaired) electrons. The van der Waals surface area contributed by atoms with Gasteiger partial charge in [-0.2, -0.15) is 0 Å². The molecule has 0 spiro atoms. The van der Waals surface area contributed by atoms with Crippen molar-refractivity contribution in [2.24, 2.45) is 0 Å². The van der Waals surface area contributed by atoms with Gasteiger partial charge in [0.1, 0.15) is 8.07 Å². The molecule has 0 N–H and O–H groups in total. The first kappa shape index (κ1) is 16.0. The van der Waals surface area contributed by atoms with Crippen LogP contribution in [0.15, 0.2) is 0 Å². The highest BCUT2D eigenvalue weighted by atomic mass is 32.8. The summed E-state index contributed by atoms with van der Waals surface area (Å²) in [5.74, 6) is 0. The highest BCUT2D eigenvalue weighted by Gasteiger charge is 2.69. The Labute approximate surface area is 116 Å². The van der Waals surface area contributed by atoms with E-state index < -0.39 is 24.2 Å². The predicted octanol–water partition coefficient (Wildman–Crippen LogP) is 5.42. The van der Waals surface area contributed by atoms with Crippen molar-refractivity contribution in [2.45, 2.75) is 62.7 Å². The second-order valence-electron chi connectivity index (χ2n) is 8.02. The third-order valence-electron chi connectivity index (χ3n) is 3.04. The van der Waals surface area contributed by atoms with Crippen molar-refractivity contribution in [1.29, 1.82) is 0 Å². The lowest BCUT2D eigenvalue weighted by Crippen LogP contribution is -2.55. The van der Waals surface area contributed by atoms with Crippen molar-refractivity contribution >= 4 is 42.7 Å². The fourth-order valence-corrected chi connectivity index (χ4v) is 34.2. The van der Waals surface area contributed by atoms with Gasteiger partial charge in [0.2, 0.25) is 0 Å². The largest absolute Gasteiger partial charge is 0.129 e. The molecule has 1 aliphatic rings. The van der Waals surface area contributed by atoms with E-state index in [2.05, 4.69) is 81.5 Å². The van der Waals surface area contributed by atoms with Gasteiger partial charge in [-0.25, -0.2) is 0 Å². The van der Waals surface area contributed by atoms with Crippen molar-refractivity contribution in [1.82, 2.24) is 0 Å². The molecule has 0 amide bonds. The van der Waals surface area contributed by atoms with E-state index in [1.165, 1.54) is 0 Å². The van der Waals surface area contributed by atoms with Crippen molar-refractivity contribution in [2.75, 3.05) is 0 Å². The van der Waals surface area contributed by atoms with E-state index in [1.807, 2.05) is 0 Å². The summed E-state index contributed by atoms with van der Waals surface area (Å²) in [7, 11) is -3.42. The summed E-state index contributed by atoms with van der Waals surface area (Å²) in [5.41, 5.74) is 7.33. The Balaban J connectivity index is 3.00. The van der Waals surface area contributed by atoms with Crippen LogP contribution in [-0.4, -0.2) is 28.0 Å². The molecule has 1 atom stereocenters. The summed E-state index contributed by atoms with van der Waals surface area (Å²) < 4.78 is 0.669. The van der Waals surface area contributed by atoms with Crippen LogP contribution in [0.1, 0.15) is 0 Å². The van der Waals surface area contributed by atoms with Crippen LogP contribution < -0.4 is 0 Å². The van der Waals surface area contributed by atoms with E-state index in [9.17, 15) is 0 Å². The van der Waals surface area contributed by atoms with Gasteiger partial charge in [0, 0.05) is 10.9 Å². The average Bonchev–Trinajstić information content (AvgIpc) is 2.70. The minimum absolute atomic E-state index is 0.0249. The molecule has 0 aromatic carbocycles. The van der Waals surface area contributed by atoms with Crippen LogP contribution >= 0.6 is 18.5 Å². The van der Waals surface area contributed by atoms with Gasteiger partial charge >= 0.3 is 0 Å². The Bertz CT molecular complexity index is 348. The van der Waals surface area contributed by atoms with Gasteiger partial charge in [-0.05, 0) is 0 Å². The molecule has 1 saturated heterocycles. The van der Waals surface area contributed by atoms with E-state index in [0.717, 1.165) is 0 Å². The monoisotopic (exact) mass is 318 g/mol. The fourth-order valence-electron chi connectivity index (χ4n) is 2.44. The van der Waals surface area contributed by atoms with Crippen LogP contribution in [0.4, 0.5) is 0 Å². The zero-order valence-electron chi connectivity index (χ0n) is 12.9. The minimum atomic E-state index is -1.19. The summed E-state index contributed by atoms with van der Waals surface area (Å²) in [6, 6.07) is 0. The predicted molar refractivity (Wildman–Crippen MR) is 95.1 cm³/mol. The lowest BCUT2D eigenvalue weighted by molar-refractivity contribution is 1.42. The molecule has 0 bridgehead atoms. The van der Waals surface area contributed by atoms with Crippen molar-refractivity contribution in [3.8, 4) is 11.2 Å². The van der Waals surface area contributed by atoms with Crippen LogP contribution in [0.5, 0.6) is 0 Å². The summed E-state index contributed by atoms with van der Waals surface area (Å²) in [4.78, 5) is 0. The quantitative estimate of drug-likeness (QED) is 0.283. The molecule has 0 nitrogen and oxygen atoms in total. The molecule has 98 valence electrons. The second kappa shape index (κ2) is 4.52. The van der Waals surface area contributed by atoms with Gasteiger partial charge in [-0.15, -0.1) is 16.9 Å². The van der Waals surface area contributed by atoms with Crippen LogP contribution in [0, 0.1) is 11.2 Å². The number of rotatable bonds is 2. The van der Waals surface area contributed by atoms with Crippen molar-refractivity contribution in [3.05, 3.63) is 0 Å². The van der Waals surface area contributed by atoms with E-state index in [-0.39, 0.29) is 7.12 Å². The van der Waals surface area contributed by atoms with Crippen molar-refractivity contribution in [3.63, 3.8) is 0 Å². The maximum Gasteiger partial charge on any atom is 0.129 e. The third kappa shape index (κ3) is 3.30. The molecule has 0 aromatic rings. The number of hydrogen-bond donors (Lipinski definition) is 0. The lowest BCUT2D eigenvalue weighted by atomic mass is 11.4. The maximum absolute atomic E-state index is 3.71. The Morgan fingerprint density at radius 1 is 0.824 bits per heavy atom. The normalized spacial score (nSPS) is 23.9. The molecule has 0 aliphatic carbocycles. The molecule has 1 fully saturated rings. The van der Waals surface area contributed by atoms with E-state index in [1.54, 1.807) is 0 Å².